The van der Waals surface area contributed by atoms with E-state index in [1.165, 1.54) is 6.42 Å². The van der Waals surface area contributed by atoms with Gasteiger partial charge in [0.1, 0.15) is 5.82 Å². The van der Waals surface area contributed by atoms with Crippen LogP contribution in [-0.2, 0) is 13.0 Å². The molecule has 5 nitrogen and oxygen atoms in total. The Balaban J connectivity index is 1.70. The number of nitrogens with zero attached hydrogens (tertiary/aromatic N) is 2. The molecule has 0 unspecified atom stereocenters. The van der Waals surface area contributed by atoms with E-state index in [9.17, 15) is 9.59 Å². The van der Waals surface area contributed by atoms with Crippen LogP contribution in [0, 0.1) is 3.57 Å². The van der Waals surface area contributed by atoms with Gasteiger partial charge in [-0.05, 0) is 71.8 Å². The number of fused-ring (bicyclic) bond motifs is 2. The lowest BCUT2D eigenvalue weighted by Crippen LogP contribution is -2.26. The van der Waals surface area contributed by atoms with Crippen molar-refractivity contribution in [2.45, 2.75) is 38.6 Å². The van der Waals surface area contributed by atoms with Crippen molar-refractivity contribution in [3.63, 3.8) is 0 Å². The molecule has 1 aliphatic heterocycles. The molecule has 3 aromatic rings. The minimum atomic E-state index is -0.201. The molecule has 1 amide bonds. The van der Waals surface area contributed by atoms with Gasteiger partial charge in [-0.3, -0.25) is 14.2 Å². The van der Waals surface area contributed by atoms with E-state index in [1.54, 1.807) is 18.2 Å². The number of anilines is 1. The Morgan fingerprint density at radius 2 is 1.93 bits per heavy atom. The Kier molecular flexibility index (Phi) is 5.24. The highest BCUT2D eigenvalue weighted by atomic mass is 127. The number of carbonyl (C=O) groups is 1. The van der Waals surface area contributed by atoms with Crippen molar-refractivity contribution < 1.29 is 4.79 Å². The SMILES string of the molecule is O=C(Nc1cccc(I)c1)c1ccc2c(=O)n3c(nc2c1)CCCCCC3. The van der Waals surface area contributed by atoms with E-state index in [-0.39, 0.29) is 11.5 Å². The monoisotopic (exact) mass is 473 g/mol. The molecular formula is C21H20IN3O2. The number of amides is 1. The molecule has 1 aliphatic rings. The fourth-order valence-corrected chi connectivity index (χ4v) is 4.05. The van der Waals surface area contributed by atoms with Crippen molar-refractivity contribution in [3.8, 4) is 0 Å². The summed E-state index contributed by atoms with van der Waals surface area (Å²) in [6.07, 6.45) is 5.19. The van der Waals surface area contributed by atoms with Gasteiger partial charge in [0.05, 0.1) is 10.9 Å². The maximum absolute atomic E-state index is 12.9. The molecular weight excluding hydrogens is 453 g/mol. The normalized spacial score (nSPS) is 14.3. The highest BCUT2D eigenvalue weighted by Crippen LogP contribution is 2.18. The van der Waals surface area contributed by atoms with E-state index in [0.29, 0.717) is 16.5 Å². The maximum Gasteiger partial charge on any atom is 0.261 e. The standard InChI is InChI=1S/C21H20IN3O2/c22-15-6-5-7-16(13-15)23-20(26)14-9-10-17-18(12-14)24-19-8-3-1-2-4-11-25(19)21(17)27/h5-7,9-10,12-13H,1-4,8,11H2,(H,23,26). The van der Waals surface area contributed by atoms with Crippen molar-refractivity contribution in [2.75, 3.05) is 5.32 Å². The number of benzene rings is 2. The van der Waals surface area contributed by atoms with Gasteiger partial charge in [0.2, 0.25) is 0 Å². The Hall–Kier alpha value is -2.22. The van der Waals surface area contributed by atoms with Crippen LogP contribution in [-0.4, -0.2) is 15.5 Å². The number of rotatable bonds is 2. The van der Waals surface area contributed by atoms with E-state index < -0.39 is 0 Å². The predicted octanol–water partition coefficient (Wildman–Crippen LogP) is 4.37. The van der Waals surface area contributed by atoms with Gasteiger partial charge in [0.25, 0.3) is 11.5 Å². The molecule has 0 radical (unpaired) electrons. The Morgan fingerprint density at radius 1 is 1.07 bits per heavy atom. The Labute approximate surface area is 171 Å². The molecule has 0 saturated carbocycles. The minimum Gasteiger partial charge on any atom is -0.322 e. The zero-order valence-electron chi connectivity index (χ0n) is 14.9. The first kappa shape index (κ1) is 18.2. The number of aromatic nitrogens is 2. The molecule has 138 valence electrons. The maximum atomic E-state index is 12.9. The van der Waals surface area contributed by atoms with Gasteiger partial charge in [-0.15, -0.1) is 0 Å². The molecule has 2 aromatic carbocycles. The largest absolute Gasteiger partial charge is 0.322 e. The molecule has 0 saturated heterocycles. The van der Waals surface area contributed by atoms with Crippen LogP contribution in [0.25, 0.3) is 10.9 Å². The summed E-state index contributed by atoms with van der Waals surface area (Å²) < 4.78 is 2.87. The molecule has 0 bridgehead atoms. The molecule has 0 aliphatic carbocycles. The molecule has 1 N–H and O–H groups in total. The molecule has 6 heteroatoms. The summed E-state index contributed by atoms with van der Waals surface area (Å²) in [5.41, 5.74) is 1.85. The predicted molar refractivity (Wildman–Crippen MR) is 115 cm³/mol. The number of hydrogen-bond acceptors (Lipinski definition) is 3. The number of carbonyl (C=O) groups excluding carboxylic acids is 1. The summed E-state index contributed by atoms with van der Waals surface area (Å²) in [7, 11) is 0. The van der Waals surface area contributed by atoms with E-state index in [4.69, 9.17) is 4.98 Å². The van der Waals surface area contributed by atoms with Crippen LogP contribution in [0.3, 0.4) is 0 Å². The highest BCUT2D eigenvalue weighted by Gasteiger charge is 2.15. The molecule has 27 heavy (non-hydrogen) atoms. The first-order valence-corrected chi connectivity index (χ1v) is 10.3. The summed E-state index contributed by atoms with van der Waals surface area (Å²) >= 11 is 2.21. The number of nitrogens with one attached hydrogen (secondary N) is 1. The van der Waals surface area contributed by atoms with Crippen molar-refractivity contribution >= 4 is 45.1 Å². The third-order valence-corrected chi connectivity index (χ3v) is 5.58. The molecule has 2 heterocycles. The average molecular weight is 473 g/mol. The summed E-state index contributed by atoms with van der Waals surface area (Å²) in [6.45, 7) is 0.728. The zero-order valence-corrected chi connectivity index (χ0v) is 17.0. The smallest absolute Gasteiger partial charge is 0.261 e. The topological polar surface area (TPSA) is 64.0 Å². The molecule has 0 fully saturated rings. The van der Waals surface area contributed by atoms with E-state index in [2.05, 4.69) is 27.9 Å². The van der Waals surface area contributed by atoms with Gasteiger partial charge in [-0.1, -0.05) is 18.9 Å². The van der Waals surface area contributed by atoms with Gasteiger partial charge in [0, 0.05) is 27.8 Å². The van der Waals surface area contributed by atoms with Gasteiger partial charge < -0.3 is 5.32 Å². The second kappa shape index (κ2) is 7.80. The lowest BCUT2D eigenvalue weighted by molar-refractivity contribution is 0.102. The van der Waals surface area contributed by atoms with Crippen LogP contribution < -0.4 is 10.9 Å². The molecule has 1 aromatic heterocycles. The minimum absolute atomic E-state index is 0.00136. The molecule has 0 spiro atoms. The third-order valence-electron chi connectivity index (χ3n) is 4.91. The van der Waals surface area contributed by atoms with Crippen LogP contribution in [0.1, 0.15) is 41.9 Å². The van der Waals surface area contributed by atoms with Crippen molar-refractivity contribution in [1.29, 1.82) is 0 Å². The van der Waals surface area contributed by atoms with Crippen LogP contribution in [0.4, 0.5) is 5.69 Å². The van der Waals surface area contributed by atoms with Gasteiger partial charge in [0.15, 0.2) is 0 Å². The van der Waals surface area contributed by atoms with E-state index >= 15 is 0 Å². The second-order valence-electron chi connectivity index (χ2n) is 6.85. The Morgan fingerprint density at radius 3 is 2.78 bits per heavy atom. The molecule has 4 rings (SSSR count). The van der Waals surface area contributed by atoms with Crippen LogP contribution in [0.5, 0.6) is 0 Å². The van der Waals surface area contributed by atoms with Crippen LogP contribution in [0.2, 0.25) is 0 Å². The van der Waals surface area contributed by atoms with Crippen molar-refractivity contribution in [3.05, 3.63) is 67.8 Å². The average Bonchev–Trinajstić information content (AvgIpc) is 2.63. The third kappa shape index (κ3) is 3.90. The number of aryl methyl sites for hydroxylation is 1. The van der Waals surface area contributed by atoms with E-state index in [1.807, 2.05) is 28.8 Å². The fourth-order valence-electron chi connectivity index (χ4n) is 3.51. The highest BCUT2D eigenvalue weighted by molar-refractivity contribution is 14.1. The van der Waals surface area contributed by atoms with Gasteiger partial charge in [-0.25, -0.2) is 4.98 Å². The van der Waals surface area contributed by atoms with Gasteiger partial charge >= 0.3 is 0 Å². The summed E-state index contributed by atoms with van der Waals surface area (Å²) in [5, 5.41) is 3.48. The number of hydrogen-bond donors (Lipinski definition) is 1. The summed E-state index contributed by atoms with van der Waals surface area (Å²) in [4.78, 5) is 30.2. The molecule has 0 atom stereocenters. The summed E-state index contributed by atoms with van der Waals surface area (Å²) in [5.74, 6) is 0.634. The lowest BCUT2D eigenvalue weighted by atomic mass is 10.1. The summed E-state index contributed by atoms with van der Waals surface area (Å²) in [6, 6.07) is 12.8. The van der Waals surface area contributed by atoms with Crippen molar-refractivity contribution in [2.24, 2.45) is 0 Å². The lowest BCUT2D eigenvalue weighted by Gasteiger charge is -2.16. The van der Waals surface area contributed by atoms with Crippen LogP contribution in [0.15, 0.2) is 47.3 Å². The fraction of sp³-hybridized carbons (Fsp3) is 0.286. The number of halogens is 1. The van der Waals surface area contributed by atoms with Crippen molar-refractivity contribution in [1.82, 2.24) is 9.55 Å². The first-order valence-electron chi connectivity index (χ1n) is 9.22. The first-order chi connectivity index (χ1) is 13.1. The zero-order chi connectivity index (χ0) is 18.8. The quantitative estimate of drug-likeness (QED) is 0.563. The van der Waals surface area contributed by atoms with E-state index in [0.717, 1.165) is 47.3 Å². The Bertz CT molecular complexity index is 1070. The van der Waals surface area contributed by atoms with Crippen LogP contribution >= 0.6 is 22.6 Å². The second-order valence-corrected chi connectivity index (χ2v) is 8.09. The van der Waals surface area contributed by atoms with Gasteiger partial charge in [-0.2, -0.15) is 0 Å².